The highest BCUT2D eigenvalue weighted by Crippen LogP contribution is 2.28. The molecule has 0 radical (unpaired) electrons. The Bertz CT molecular complexity index is 803. The van der Waals surface area contributed by atoms with Crippen LogP contribution in [0.1, 0.15) is 12.5 Å². The Morgan fingerprint density at radius 2 is 1.85 bits per heavy atom. The normalized spacial score (nSPS) is 14.6. The number of ether oxygens (including phenoxy) is 4. The lowest BCUT2D eigenvalue weighted by Gasteiger charge is -2.33. The molecule has 1 aliphatic heterocycles. The van der Waals surface area contributed by atoms with E-state index < -0.39 is 0 Å². The van der Waals surface area contributed by atoms with Crippen LogP contribution in [0.4, 0.5) is 4.79 Å². The Morgan fingerprint density at radius 3 is 2.55 bits per heavy atom. The minimum Gasteiger partial charge on any atom is -0.493 e. The van der Waals surface area contributed by atoms with E-state index in [9.17, 15) is 9.59 Å². The SMILES string of the molecule is CCOC(=O)N1CCN(CCNC(=O)C=CC=Cc2ccc(OCCOC)c(OC)c2)CC1. The number of nitrogens with zero attached hydrogens (tertiary/aromatic N) is 2. The summed E-state index contributed by atoms with van der Waals surface area (Å²) >= 11 is 0. The molecule has 182 valence electrons. The molecule has 0 spiro atoms. The van der Waals surface area contributed by atoms with Gasteiger partial charge in [0.15, 0.2) is 11.5 Å². The molecule has 0 saturated carbocycles. The maximum atomic E-state index is 12.0. The van der Waals surface area contributed by atoms with Crippen molar-refractivity contribution in [3.63, 3.8) is 0 Å². The number of hydrogen-bond donors (Lipinski definition) is 1. The first-order valence-electron chi connectivity index (χ1n) is 11.1. The Labute approximate surface area is 195 Å². The summed E-state index contributed by atoms with van der Waals surface area (Å²) in [5.41, 5.74) is 0.929. The van der Waals surface area contributed by atoms with Gasteiger partial charge in [0.05, 0.1) is 20.3 Å². The van der Waals surface area contributed by atoms with Gasteiger partial charge in [0, 0.05) is 52.5 Å². The van der Waals surface area contributed by atoms with Crippen LogP contribution in [0, 0.1) is 0 Å². The van der Waals surface area contributed by atoms with Gasteiger partial charge in [-0.2, -0.15) is 0 Å². The van der Waals surface area contributed by atoms with Crippen LogP contribution in [0.25, 0.3) is 6.08 Å². The van der Waals surface area contributed by atoms with Crippen molar-refractivity contribution in [2.45, 2.75) is 6.92 Å². The maximum absolute atomic E-state index is 12.0. The van der Waals surface area contributed by atoms with Crippen LogP contribution in [0.3, 0.4) is 0 Å². The number of allylic oxidation sites excluding steroid dienone is 2. The molecular formula is C24H35N3O6. The molecule has 33 heavy (non-hydrogen) atoms. The number of hydrogen-bond acceptors (Lipinski definition) is 7. The summed E-state index contributed by atoms with van der Waals surface area (Å²) in [4.78, 5) is 27.7. The molecule has 1 fully saturated rings. The van der Waals surface area contributed by atoms with Gasteiger partial charge in [-0.25, -0.2) is 4.79 Å². The smallest absolute Gasteiger partial charge is 0.409 e. The highest BCUT2D eigenvalue weighted by Gasteiger charge is 2.21. The summed E-state index contributed by atoms with van der Waals surface area (Å²) in [6.45, 7) is 7.26. The van der Waals surface area contributed by atoms with Crippen LogP contribution in [-0.4, -0.2) is 95.1 Å². The van der Waals surface area contributed by atoms with Gasteiger partial charge in [-0.3, -0.25) is 9.69 Å². The molecule has 2 rings (SSSR count). The molecule has 1 heterocycles. The number of rotatable bonds is 12. The topological polar surface area (TPSA) is 89.6 Å². The van der Waals surface area contributed by atoms with E-state index in [1.807, 2.05) is 24.3 Å². The van der Waals surface area contributed by atoms with Crippen LogP contribution in [-0.2, 0) is 14.3 Å². The number of piperazine rings is 1. The summed E-state index contributed by atoms with van der Waals surface area (Å²) in [6.07, 6.45) is 6.62. The highest BCUT2D eigenvalue weighted by atomic mass is 16.6. The summed E-state index contributed by atoms with van der Waals surface area (Å²) < 4.78 is 21.0. The van der Waals surface area contributed by atoms with Crippen LogP contribution in [0.15, 0.2) is 36.4 Å². The summed E-state index contributed by atoms with van der Waals surface area (Å²) in [5.74, 6) is 1.14. The fraction of sp³-hybridized carbons (Fsp3) is 0.500. The van der Waals surface area contributed by atoms with Gasteiger partial charge in [0.2, 0.25) is 5.91 Å². The number of benzene rings is 1. The van der Waals surface area contributed by atoms with Crippen LogP contribution < -0.4 is 14.8 Å². The number of nitrogens with one attached hydrogen (secondary N) is 1. The molecule has 1 aromatic rings. The van der Waals surface area contributed by atoms with Crippen LogP contribution >= 0.6 is 0 Å². The average molecular weight is 462 g/mol. The molecule has 1 saturated heterocycles. The van der Waals surface area contributed by atoms with Crippen molar-refractivity contribution in [1.29, 1.82) is 0 Å². The van der Waals surface area contributed by atoms with E-state index in [2.05, 4.69) is 10.2 Å². The molecule has 0 bridgehead atoms. The summed E-state index contributed by atoms with van der Waals surface area (Å²) in [6, 6.07) is 5.63. The molecule has 9 nitrogen and oxygen atoms in total. The largest absolute Gasteiger partial charge is 0.493 e. The zero-order valence-corrected chi connectivity index (χ0v) is 19.7. The predicted octanol–water partition coefficient (Wildman–Crippen LogP) is 2.18. The molecule has 0 aromatic heterocycles. The zero-order valence-electron chi connectivity index (χ0n) is 19.7. The fourth-order valence-electron chi connectivity index (χ4n) is 3.22. The van der Waals surface area contributed by atoms with Gasteiger partial charge in [-0.1, -0.05) is 24.3 Å². The van der Waals surface area contributed by atoms with Crippen molar-refractivity contribution >= 4 is 18.1 Å². The Kier molecular flexibility index (Phi) is 11.8. The van der Waals surface area contributed by atoms with E-state index in [-0.39, 0.29) is 12.0 Å². The monoisotopic (exact) mass is 461 g/mol. The quantitative estimate of drug-likeness (QED) is 0.290. The Hall–Kier alpha value is -3.04. The lowest BCUT2D eigenvalue weighted by atomic mass is 10.2. The van der Waals surface area contributed by atoms with E-state index in [1.54, 1.807) is 38.2 Å². The van der Waals surface area contributed by atoms with Gasteiger partial charge in [0.25, 0.3) is 0 Å². The molecule has 0 atom stereocenters. The summed E-state index contributed by atoms with van der Waals surface area (Å²) in [7, 11) is 3.22. The highest BCUT2D eigenvalue weighted by molar-refractivity contribution is 5.87. The second-order valence-electron chi connectivity index (χ2n) is 7.29. The van der Waals surface area contributed by atoms with Crippen molar-refractivity contribution in [1.82, 2.24) is 15.1 Å². The Morgan fingerprint density at radius 1 is 1.06 bits per heavy atom. The first-order chi connectivity index (χ1) is 16.1. The standard InChI is InChI=1S/C24H35N3O6/c1-4-32-24(29)27-15-13-26(14-16-27)12-11-25-23(28)8-6-5-7-20-9-10-21(22(19-20)31-3)33-18-17-30-2/h5-10,19H,4,11-18H2,1-3H3,(H,25,28). The molecule has 2 amide bonds. The maximum Gasteiger partial charge on any atom is 0.409 e. The van der Waals surface area contributed by atoms with Crippen molar-refractivity contribution in [2.75, 3.05) is 73.3 Å². The minimum atomic E-state index is -0.256. The number of amides is 2. The van der Waals surface area contributed by atoms with Crippen LogP contribution in [0.2, 0.25) is 0 Å². The van der Waals surface area contributed by atoms with E-state index in [0.29, 0.717) is 51.0 Å². The number of carbonyl (C=O) groups excluding carboxylic acids is 2. The third kappa shape index (κ3) is 9.55. The number of carbonyl (C=O) groups is 2. The molecule has 0 unspecified atom stereocenters. The second-order valence-corrected chi connectivity index (χ2v) is 7.29. The van der Waals surface area contributed by atoms with E-state index >= 15 is 0 Å². The van der Waals surface area contributed by atoms with Gasteiger partial charge in [0.1, 0.15) is 6.61 Å². The molecule has 1 aliphatic rings. The van der Waals surface area contributed by atoms with E-state index in [0.717, 1.165) is 25.2 Å². The molecular weight excluding hydrogens is 426 g/mol. The van der Waals surface area contributed by atoms with Gasteiger partial charge < -0.3 is 29.2 Å². The predicted molar refractivity (Wildman–Crippen MR) is 127 cm³/mol. The molecule has 9 heteroatoms. The van der Waals surface area contributed by atoms with E-state index in [4.69, 9.17) is 18.9 Å². The van der Waals surface area contributed by atoms with Crippen molar-refractivity contribution < 1.29 is 28.5 Å². The van der Waals surface area contributed by atoms with Crippen LogP contribution in [0.5, 0.6) is 11.5 Å². The molecule has 1 N–H and O–H groups in total. The average Bonchev–Trinajstić information content (AvgIpc) is 2.83. The summed E-state index contributed by atoms with van der Waals surface area (Å²) in [5, 5.41) is 2.88. The van der Waals surface area contributed by atoms with Crippen molar-refractivity contribution in [3.8, 4) is 11.5 Å². The minimum absolute atomic E-state index is 0.149. The third-order valence-corrected chi connectivity index (χ3v) is 5.01. The van der Waals surface area contributed by atoms with Gasteiger partial charge in [-0.15, -0.1) is 0 Å². The fourth-order valence-corrected chi connectivity index (χ4v) is 3.22. The van der Waals surface area contributed by atoms with Gasteiger partial charge in [-0.05, 0) is 24.6 Å². The first kappa shape index (κ1) is 26.2. The lowest BCUT2D eigenvalue weighted by molar-refractivity contribution is -0.116. The van der Waals surface area contributed by atoms with Crippen molar-refractivity contribution in [3.05, 3.63) is 42.0 Å². The zero-order chi connectivity index (χ0) is 23.9. The first-order valence-corrected chi connectivity index (χ1v) is 11.1. The Balaban J connectivity index is 1.69. The lowest BCUT2D eigenvalue weighted by Crippen LogP contribution is -2.50. The van der Waals surface area contributed by atoms with Crippen molar-refractivity contribution in [2.24, 2.45) is 0 Å². The van der Waals surface area contributed by atoms with Gasteiger partial charge >= 0.3 is 6.09 Å². The molecule has 1 aromatic carbocycles. The number of methoxy groups -OCH3 is 2. The van der Waals surface area contributed by atoms with E-state index in [1.165, 1.54) is 6.08 Å². The second kappa shape index (κ2) is 14.9. The molecule has 0 aliphatic carbocycles. The third-order valence-electron chi connectivity index (χ3n) is 5.01.